The largest absolute Gasteiger partial charge is 0.489 e. The topological polar surface area (TPSA) is 39.4 Å². The Kier molecular flexibility index (Phi) is 4.84. The van der Waals surface area contributed by atoms with E-state index in [1.165, 1.54) is 6.26 Å². The van der Waals surface area contributed by atoms with E-state index in [0.717, 1.165) is 11.1 Å². The molecule has 0 saturated heterocycles. The van der Waals surface area contributed by atoms with Crippen molar-refractivity contribution in [1.82, 2.24) is 0 Å². The summed E-state index contributed by atoms with van der Waals surface area (Å²) < 4.78 is 11.5. The average molecular weight is 354 g/mol. The summed E-state index contributed by atoms with van der Waals surface area (Å²) in [5.74, 6) is 0.669. The van der Waals surface area contributed by atoms with Gasteiger partial charge in [-0.3, -0.25) is 4.79 Å². The third-order valence-corrected chi connectivity index (χ3v) is 4.28. The SMILES string of the molecule is O=c1c(/C=C/c2ccccc2)coc2cc(OCc3ccccc3)ccc12. The van der Waals surface area contributed by atoms with Gasteiger partial charge in [0, 0.05) is 6.07 Å². The predicted octanol–water partition coefficient (Wildman–Crippen LogP) is 5.54. The summed E-state index contributed by atoms with van der Waals surface area (Å²) in [4.78, 5) is 12.7. The molecule has 0 radical (unpaired) electrons. The first-order chi connectivity index (χ1) is 13.3. The van der Waals surface area contributed by atoms with Crippen LogP contribution >= 0.6 is 0 Å². The van der Waals surface area contributed by atoms with E-state index in [1.54, 1.807) is 24.3 Å². The Morgan fingerprint density at radius 3 is 2.37 bits per heavy atom. The molecule has 1 aromatic heterocycles. The van der Waals surface area contributed by atoms with E-state index >= 15 is 0 Å². The number of benzene rings is 3. The summed E-state index contributed by atoms with van der Waals surface area (Å²) in [6.07, 6.45) is 5.17. The van der Waals surface area contributed by atoms with E-state index in [0.29, 0.717) is 28.9 Å². The molecule has 0 unspecified atom stereocenters. The average Bonchev–Trinajstić information content (AvgIpc) is 2.73. The molecule has 3 heteroatoms. The molecule has 0 aliphatic carbocycles. The summed E-state index contributed by atoms with van der Waals surface area (Å²) >= 11 is 0. The van der Waals surface area contributed by atoms with Gasteiger partial charge in [-0.25, -0.2) is 0 Å². The van der Waals surface area contributed by atoms with E-state index < -0.39 is 0 Å². The quantitative estimate of drug-likeness (QED) is 0.472. The summed E-state index contributed by atoms with van der Waals surface area (Å²) in [6.45, 7) is 0.467. The molecule has 0 bridgehead atoms. The molecule has 0 aliphatic rings. The second kappa shape index (κ2) is 7.75. The smallest absolute Gasteiger partial charge is 0.199 e. The maximum absolute atomic E-state index is 12.7. The normalized spacial score (nSPS) is 11.1. The zero-order chi connectivity index (χ0) is 18.5. The van der Waals surface area contributed by atoms with Crippen molar-refractivity contribution < 1.29 is 9.15 Å². The van der Waals surface area contributed by atoms with E-state index in [2.05, 4.69) is 0 Å². The number of ether oxygens (including phenoxy) is 1. The lowest BCUT2D eigenvalue weighted by Gasteiger charge is -2.07. The maximum Gasteiger partial charge on any atom is 0.199 e. The molecule has 27 heavy (non-hydrogen) atoms. The van der Waals surface area contributed by atoms with Crippen molar-refractivity contribution in [3.05, 3.63) is 112 Å². The lowest BCUT2D eigenvalue weighted by molar-refractivity contribution is 0.306. The summed E-state index contributed by atoms with van der Waals surface area (Å²) in [5.41, 5.74) is 3.09. The van der Waals surface area contributed by atoms with Gasteiger partial charge in [-0.15, -0.1) is 0 Å². The Bertz CT molecular complexity index is 1130. The molecule has 0 amide bonds. The highest BCUT2D eigenvalue weighted by Crippen LogP contribution is 2.21. The molecule has 0 aliphatic heterocycles. The second-order valence-corrected chi connectivity index (χ2v) is 6.20. The molecular formula is C24H18O3. The third-order valence-electron chi connectivity index (χ3n) is 4.28. The van der Waals surface area contributed by atoms with Crippen LogP contribution in [-0.4, -0.2) is 0 Å². The highest BCUT2D eigenvalue weighted by Gasteiger charge is 2.07. The zero-order valence-corrected chi connectivity index (χ0v) is 14.7. The Labute approximate surface area is 157 Å². The van der Waals surface area contributed by atoms with Gasteiger partial charge in [0.1, 0.15) is 24.2 Å². The summed E-state index contributed by atoms with van der Waals surface area (Å²) in [5, 5.41) is 0.539. The van der Waals surface area contributed by atoms with Crippen LogP contribution in [0.2, 0.25) is 0 Å². The van der Waals surface area contributed by atoms with Gasteiger partial charge in [0.05, 0.1) is 10.9 Å². The molecule has 0 atom stereocenters. The molecule has 0 saturated carbocycles. The van der Waals surface area contributed by atoms with Crippen LogP contribution in [0, 0.1) is 0 Å². The van der Waals surface area contributed by atoms with Crippen LogP contribution in [-0.2, 0) is 6.61 Å². The van der Waals surface area contributed by atoms with Crippen LogP contribution in [0.1, 0.15) is 16.7 Å². The van der Waals surface area contributed by atoms with Crippen molar-refractivity contribution in [3.8, 4) is 5.75 Å². The van der Waals surface area contributed by atoms with Gasteiger partial charge in [0.25, 0.3) is 0 Å². The summed E-state index contributed by atoms with van der Waals surface area (Å²) in [6, 6.07) is 25.1. The van der Waals surface area contributed by atoms with Crippen molar-refractivity contribution in [2.45, 2.75) is 6.61 Å². The Balaban J connectivity index is 1.57. The van der Waals surface area contributed by atoms with Crippen molar-refractivity contribution in [3.63, 3.8) is 0 Å². The number of hydrogen-bond acceptors (Lipinski definition) is 3. The van der Waals surface area contributed by atoms with Gasteiger partial charge >= 0.3 is 0 Å². The highest BCUT2D eigenvalue weighted by molar-refractivity contribution is 5.81. The molecule has 0 spiro atoms. The van der Waals surface area contributed by atoms with E-state index in [4.69, 9.17) is 9.15 Å². The minimum atomic E-state index is -0.0574. The fraction of sp³-hybridized carbons (Fsp3) is 0.0417. The van der Waals surface area contributed by atoms with Gasteiger partial charge < -0.3 is 9.15 Å². The van der Waals surface area contributed by atoms with Crippen LogP contribution < -0.4 is 10.2 Å². The van der Waals surface area contributed by atoms with Gasteiger partial charge in [-0.05, 0) is 29.3 Å². The molecule has 1 heterocycles. The minimum Gasteiger partial charge on any atom is -0.489 e. The molecule has 132 valence electrons. The first kappa shape index (κ1) is 16.9. The van der Waals surface area contributed by atoms with E-state index in [9.17, 15) is 4.79 Å². The lowest BCUT2D eigenvalue weighted by atomic mass is 10.1. The second-order valence-electron chi connectivity index (χ2n) is 6.20. The molecule has 4 aromatic rings. The molecule has 3 nitrogen and oxygen atoms in total. The Morgan fingerprint density at radius 2 is 1.59 bits per heavy atom. The third kappa shape index (κ3) is 3.98. The molecular weight excluding hydrogens is 336 g/mol. The van der Waals surface area contributed by atoms with E-state index in [1.807, 2.05) is 66.7 Å². The van der Waals surface area contributed by atoms with Crippen molar-refractivity contribution in [1.29, 1.82) is 0 Å². The standard InChI is InChI=1S/C24H18O3/c25-24-20(12-11-18-7-3-1-4-8-18)17-27-23-15-21(13-14-22(23)24)26-16-19-9-5-2-6-10-19/h1-15,17H,16H2/b12-11+. The van der Waals surface area contributed by atoms with Crippen LogP contribution in [0.5, 0.6) is 5.75 Å². The first-order valence-corrected chi connectivity index (χ1v) is 8.75. The van der Waals surface area contributed by atoms with Crippen LogP contribution in [0.25, 0.3) is 23.1 Å². The fourth-order valence-corrected chi connectivity index (χ4v) is 2.82. The lowest BCUT2D eigenvalue weighted by Crippen LogP contribution is -2.05. The van der Waals surface area contributed by atoms with Gasteiger partial charge in [0.2, 0.25) is 0 Å². The van der Waals surface area contributed by atoms with Gasteiger partial charge in [0.15, 0.2) is 5.43 Å². The number of hydrogen-bond donors (Lipinski definition) is 0. The summed E-state index contributed by atoms with van der Waals surface area (Å²) in [7, 11) is 0. The molecule has 3 aromatic carbocycles. The van der Waals surface area contributed by atoms with Crippen molar-refractivity contribution >= 4 is 23.1 Å². The predicted molar refractivity (Wildman–Crippen MR) is 109 cm³/mol. The van der Waals surface area contributed by atoms with E-state index in [-0.39, 0.29) is 5.43 Å². The van der Waals surface area contributed by atoms with Gasteiger partial charge in [-0.1, -0.05) is 66.7 Å². The minimum absolute atomic E-state index is 0.0574. The fourth-order valence-electron chi connectivity index (χ4n) is 2.82. The molecule has 0 N–H and O–H groups in total. The highest BCUT2D eigenvalue weighted by atomic mass is 16.5. The Hall–Kier alpha value is -3.59. The zero-order valence-electron chi connectivity index (χ0n) is 14.7. The molecule has 4 rings (SSSR count). The van der Waals surface area contributed by atoms with Crippen LogP contribution in [0.15, 0.2) is 94.3 Å². The first-order valence-electron chi connectivity index (χ1n) is 8.75. The van der Waals surface area contributed by atoms with Crippen molar-refractivity contribution in [2.24, 2.45) is 0 Å². The van der Waals surface area contributed by atoms with Gasteiger partial charge in [-0.2, -0.15) is 0 Å². The monoisotopic (exact) mass is 354 g/mol. The van der Waals surface area contributed by atoms with Crippen molar-refractivity contribution in [2.75, 3.05) is 0 Å². The Morgan fingerprint density at radius 1 is 0.852 bits per heavy atom. The maximum atomic E-state index is 12.7. The van der Waals surface area contributed by atoms with Crippen LogP contribution in [0.4, 0.5) is 0 Å². The van der Waals surface area contributed by atoms with Crippen LogP contribution in [0.3, 0.4) is 0 Å². The number of rotatable bonds is 5. The number of fused-ring (bicyclic) bond motifs is 1. The molecule has 0 fully saturated rings.